The Bertz CT molecular complexity index is 262. The molecule has 0 saturated heterocycles. The SMILES string of the molecule is CC(NC[C@H](C)O)c1ccc(Br)s1. The Morgan fingerprint density at radius 1 is 1.54 bits per heavy atom. The predicted molar refractivity (Wildman–Crippen MR) is 60.1 cm³/mol. The quantitative estimate of drug-likeness (QED) is 0.876. The molecule has 1 heterocycles. The van der Waals surface area contributed by atoms with Crippen LogP contribution in [0.2, 0.25) is 0 Å². The van der Waals surface area contributed by atoms with Gasteiger partial charge in [-0.2, -0.15) is 0 Å². The molecule has 1 unspecified atom stereocenters. The van der Waals surface area contributed by atoms with E-state index in [1.807, 2.05) is 6.07 Å². The van der Waals surface area contributed by atoms with Crippen molar-refractivity contribution in [2.75, 3.05) is 6.54 Å². The maximum atomic E-state index is 9.09. The highest BCUT2D eigenvalue weighted by Crippen LogP contribution is 2.26. The molecule has 2 atom stereocenters. The van der Waals surface area contributed by atoms with Crippen molar-refractivity contribution in [1.29, 1.82) is 0 Å². The predicted octanol–water partition coefficient (Wildman–Crippen LogP) is 2.54. The molecule has 0 aliphatic rings. The van der Waals surface area contributed by atoms with Gasteiger partial charge < -0.3 is 10.4 Å². The van der Waals surface area contributed by atoms with E-state index in [-0.39, 0.29) is 6.10 Å². The van der Waals surface area contributed by atoms with E-state index in [0.29, 0.717) is 12.6 Å². The first kappa shape index (κ1) is 11.2. The minimum atomic E-state index is -0.286. The third-order valence-electron chi connectivity index (χ3n) is 1.74. The first-order chi connectivity index (χ1) is 6.09. The zero-order valence-electron chi connectivity index (χ0n) is 7.75. The maximum absolute atomic E-state index is 9.09. The van der Waals surface area contributed by atoms with Crippen LogP contribution in [0.25, 0.3) is 0 Å². The van der Waals surface area contributed by atoms with Crippen molar-refractivity contribution in [3.8, 4) is 0 Å². The summed E-state index contributed by atoms with van der Waals surface area (Å²) in [5.74, 6) is 0. The first-order valence-corrected chi connectivity index (χ1v) is 5.87. The van der Waals surface area contributed by atoms with Crippen molar-refractivity contribution >= 4 is 27.3 Å². The molecule has 2 N–H and O–H groups in total. The van der Waals surface area contributed by atoms with Crippen LogP contribution >= 0.6 is 27.3 Å². The molecule has 0 amide bonds. The molecule has 0 fully saturated rings. The molecule has 74 valence electrons. The molecule has 4 heteroatoms. The molecule has 1 rings (SSSR count). The number of aliphatic hydroxyl groups excluding tert-OH is 1. The van der Waals surface area contributed by atoms with E-state index >= 15 is 0 Å². The number of rotatable bonds is 4. The highest BCUT2D eigenvalue weighted by atomic mass is 79.9. The van der Waals surface area contributed by atoms with Crippen LogP contribution in [0.4, 0.5) is 0 Å². The molecule has 13 heavy (non-hydrogen) atoms. The summed E-state index contributed by atoms with van der Waals surface area (Å²) in [4.78, 5) is 1.28. The van der Waals surface area contributed by atoms with E-state index < -0.39 is 0 Å². The van der Waals surface area contributed by atoms with E-state index in [9.17, 15) is 0 Å². The fourth-order valence-electron chi connectivity index (χ4n) is 1.01. The smallest absolute Gasteiger partial charge is 0.0701 e. The second-order valence-corrected chi connectivity index (χ2v) is 5.62. The van der Waals surface area contributed by atoms with E-state index in [1.165, 1.54) is 4.88 Å². The zero-order valence-corrected chi connectivity index (χ0v) is 10.2. The number of hydrogen-bond acceptors (Lipinski definition) is 3. The Balaban J connectivity index is 2.44. The summed E-state index contributed by atoms with van der Waals surface area (Å²) in [7, 11) is 0. The molecule has 0 bridgehead atoms. The largest absolute Gasteiger partial charge is 0.392 e. The van der Waals surface area contributed by atoms with Gasteiger partial charge in [-0.3, -0.25) is 0 Å². The van der Waals surface area contributed by atoms with Gasteiger partial charge in [-0.05, 0) is 41.9 Å². The number of thiophene rings is 1. The Kier molecular flexibility index (Phi) is 4.38. The van der Waals surface area contributed by atoms with Crippen LogP contribution in [-0.2, 0) is 0 Å². The van der Waals surface area contributed by atoms with Crippen LogP contribution in [0.15, 0.2) is 15.9 Å². The lowest BCUT2D eigenvalue weighted by Gasteiger charge is -2.13. The molecular weight excluding hydrogens is 250 g/mol. The average molecular weight is 264 g/mol. The summed E-state index contributed by atoms with van der Waals surface area (Å²) in [5, 5.41) is 12.3. The van der Waals surface area contributed by atoms with Crippen LogP contribution in [-0.4, -0.2) is 17.8 Å². The highest BCUT2D eigenvalue weighted by Gasteiger charge is 2.07. The van der Waals surface area contributed by atoms with Crippen molar-refractivity contribution in [1.82, 2.24) is 5.32 Å². The van der Waals surface area contributed by atoms with Gasteiger partial charge >= 0.3 is 0 Å². The van der Waals surface area contributed by atoms with Crippen LogP contribution in [0.1, 0.15) is 24.8 Å². The fourth-order valence-corrected chi connectivity index (χ4v) is 2.46. The standard InChI is InChI=1S/C9H14BrNOS/c1-6(12)5-11-7(2)8-3-4-9(10)13-8/h3-4,6-7,11-12H,5H2,1-2H3/t6-,7?/m0/s1. The average Bonchev–Trinajstić information content (AvgIpc) is 2.47. The molecule has 0 aliphatic carbocycles. The van der Waals surface area contributed by atoms with Crippen molar-refractivity contribution in [3.05, 3.63) is 20.8 Å². The number of aliphatic hydroxyl groups is 1. The highest BCUT2D eigenvalue weighted by molar-refractivity contribution is 9.11. The number of nitrogens with one attached hydrogen (secondary N) is 1. The van der Waals surface area contributed by atoms with E-state index in [2.05, 4.69) is 34.2 Å². The van der Waals surface area contributed by atoms with Gasteiger partial charge in [0.15, 0.2) is 0 Å². The monoisotopic (exact) mass is 263 g/mol. The molecule has 0 aromatic carbocycles. The third kappa shape index (κ3) is 3.77. The van der Waals surface area contributed by atoms with Gasteiger partial charge in [-0.25, -0.2) is 0 Å². The van der Waals surface area contributed by atoms with Crippen molar-refractivity contribution in [2.24, 2.45) is 0 Å². The molecule has 1 aromatic rings. The molecule has 0 saturated carbocycles. The number of hydrogen-bond donors (Lipinski definition) is 2. The van der Waals surface area contributed by atoms with Gasteiger partial charge in [-0.15, -0.1) is 11.3 Å². The van der Waals surface area contributed by atoms with Gasteiger partial charge in [0.05, 0.1) is 9.89 Å². The molecule has 0 spiro atoms. The maximum Gasteiger partial charge on any atom is 0.0701 e. The second-order valence-electron chi connectivity index (χ2n) is 3.12. The molecule has 0 radical (unpaired) electrons. The van der Waals surface area contributed by atoms with Crippen molar-refractivity contribution < 1.29 is 5.11 Å². The van der Waals surface area contributed by atoms with Crippen LogP contribution in [0.3, 0.4) is 0 Å². The summed E-state index contributed by atoms with van der Waals surface area (Å²) in [6.07, 6.45) is -0.286. The molecular formula is C9H14BrNOS. The van der Waals surface area contributed by atoms with Gasteiger partial charge in [-0.1, -0.05) is 0 Å². The first-order valence-electron chi connectivity index (χ1n) is 4.26. The van der Waals surface area contributed by atoms with Gasteiger partial charge in [0.1, 0.15) is 0 Å². The van der Waals surface area contributed by atoms with E-state index in [0.717, 1.165) is 3.79 Å². The van der Waals surface area contributed by atoms with Crippen molar-refractivity contribution in [2.45, 2.75) is 26.0 Å². The normalized spacial score (nSPS) is 15.7. The summed E-state index contributed by atoms with van der Waals surface area (Å²) in [6, 6.07) is 4.44. The van der Waals surface area contributed by atoms with Gasteiger partial charge in [0, 0.05) is 17.5 Å². The van der Waals surface area contributed by atoms with E-state index in [1.54, 1.807) is 18.3 Å². The molecule has 0 aliphatic heterocycles. The fraction of sp³-hybridized carbons (Fsp3) is 0.556. The Morgan fingerprint density at radius 2 is 2.23 bits per heavy atom. The second kappa shape index (κ2) is 5.10. The lowest BCUT2D eigenvalue weighted by Crippen LogP contribution is -2.26. The minimum Gasteiger partial charge on any atom is -0.392 e. The van der Waals surface area contributed by atoms with Crippen LogP contribution in [0.5, 0.6) is 0 Å². The summed E-state index contributed by atoms with van der Waals surface area (Å²) >= 11 is 5.14. The van der Waals surface area contributed by atoms with Crippen LogP contribution < -0.4 is 5.32 Å². The zero-order chi connectivity index (χ0) is 9.84. The van der Waals surface area contributed by atoms with Gasteiger partial charge in [0.2, 0.25) is 0 Å². The number of halogens is 1. The Labute approximate surface area is 91.1 Å². The Morgan fingerprint density at radius 3 is 2.69 bits per heavy atom. The lowest BCUT2D eigenvalue weighted by molar-refractivity contribution is 0.187. The van der Waals surface area contributed by atoms with E-state index in [4.69, 9.17) is 5.11 Å². The van der Waals surface area contributed by atoms with Gasteiger partial charge in [0.25, 0.3) is 0 Å². The summed E-state index contributed by atoms with van der Waals surface area (Å²) in [5.41, 5.74) is 0. The summed E-state index contributed by atoms with van der Waals surface area (Å²) in [6.45, 7) is 4.52. The molecule has 1 aromatic heterocycles. The summed E-state index contributed by atoms with van der Waals surface area (Å²) < 4.78 is 1.15. The Hall–Kier alpha value is 0.1000. The lowest BCUT2D eigenvalue weighted by atomic mass is 10.2. The minimum absolute atomic E-state index is 0.286. The topological polar surface area (TPSA) is 32.3 Å². The van der Waals surface area contributed by atoms with Crippen LogP contribution in [0, 0.1) is 0 Å². The third-order valence-corrected chi connectivity index (χ3v) is 3.55. The van der Waals surface area contributed by atoms with Crippen molar-refractivity contribution in [3.63, 3.8) is 0 Å². The molecule has 2 nitrogen and oxygen atoms in total.